The first kappa shape index (κ1) is 16.9. The molecule has 7 heteroatoms. The van der Waals surface area contributed by atoms with Crippen molar-refractivity contribution >= 4 is 5.97 Å². The van der Waals surface area contributed by atoms with Crippen molar-refractivity contribution in [3.05, 3.63) is 47.0 Å². The highest BCUT2D eigenvalue weighted by Crippen LogP contribution is 2.39. The molecule has 0 fully saturated rings. The van der Waals surface area contributed by atoms with E-state index in [0.29, 0.717) is 29.7 Å². The maximum atomic E-state index is 12.2. The Hall–Kier alpha value is -2.93. The summed E-state index contributed by atoms with van der Waals surface area (Å²) in [5.74, 6) is -1.51. The Morgan fingerprint density at radius 2 is 1.88 bits per heavy atom. The van der Waals surface area contributed by atoms with Crippen molar-refractivity contribution < 1.29 is 30.0 Å². The number of aliphatic carboxylic acids is 1. The zero-order valence-electron chi connectivity index (χ0n) is 13.6. The minimum absolute atomic E-state index is 0.0322. The minimum Gasteiger partial charge on any atom is -0.504 e. The van der Waals surface area contributed by atoms with Gasteiger partial charge in [-0.3, -0.25) is 5.32 Å². The molecular weight excluding hydrogens is 326 g/mol. The predicted octanol–water partition coefficient (Wildman–Crippen LogP) is 1.48. The van der Waals surface area contributed by atoms with Gasteiger partial charge in [0, 0.05) is 13.0 Å². The fraction of sp³-hybridized carbons (Fsp3) is 0.278. The molecule has 0 saturated heterocycles. The lowest BCUT2D eigenvalue weighted by Gasteiger charge is -2.37. The number of carboxylic acid groups (broad SMARTS) is 1. The number of nitrogens with one attached hydrogen (secondary N) is 1. The average Bonchev–Trinajstić information content (AvgIpc) is 2.58. The molecule has 0 aliphatic carbocycles. The zero-order chi connectivity index (χ0) is 18.2. The SMILES string of the molecule is COc1cc(CC2(C(=O)O)NCCc3cc(O)c(O)cc32)ccc1O. The maximum Gasteiger partial charge on any atom is 0.328 e. The summed E-state index contributed by atoms with van der Waals surface area (Å²) >= 11 is 0. The normalized spacial score (nSPS) is 19.2. The van der Waals surface area contributed by atoms with E-state index in [1.165, 1.54) is 25.3 Å². The van der Waals surface area contributed by atoms with Gasteiger partial charge in [-0.1, -0.05) is 6.07 Å². The molecule has 0 aromatic heterocycles. The lowest BCUT2D eigenvalue weighted by atomic mass is 9.78. The molecule has 132 valence electrons. The van der Waals surface area contributed by atoms with Gasteiger partial charge in [0.05, 0.1) is 7.11 Å². The number of phenols is 3. The van der Waals surface area contributed by atoms with Crippen molar-refractivity contribution in [3.63, 3.8) is 0 Å². The summed E-state index contributed by atoms with van der Waals surface area (Å²) in [4.78, 5) is 12.2. The Morgan fingerprint density at radius 3 is 2.56 bits per heavy atom. The number of rotatable bonds is 4. The number of ether oxygens (including phenoxy) is 1. The second kappa shape index (κ2) is 6.18. The van der Waals surface area contributed by atoms with Gasteiger partial charge in [-0.25, -0.2) is 4.79 Å². The number of hydrogen-bond acceptors (Lipinski definition) is 6. The molecule has 7 nitrogen and oxygen atoms in total. The van der Waals surface area contributed by atoms with E-state index in [-0.39, 0.29) is 29.4 Å². The number of carboxylic acids is 1. The zero-order valence-corrected chi connectivity index (χ0v) is 13.6. The van der Waals surface area contributed by atoms with Crippen LogP contribution in [0.1, 0.15) is 16.7 Å². The van der Waals surface area contributed by atoms with Gasteiger partial charge >= 0.3 is 5.97 Å². The highest BCUT2D eigenvalue weighted by molar-refractivity contribution is 5.83. The van der Waals surface area contributed by atoms with E-state index in [0.717, 1.165) is 0 Å². The van der Waals surface area contributed by atoms with E-state index in [1.807, 2.05) is 0 Å². The van der Waals surface area contributed by atoms with Gasteiger partial charge in [0.25, 0.3) is 0 Å². The number of aromatic hydroxyl groups is 3. The van der Waals surface area contributed by atoms with Gasteiger partial charge in [0.1, 0.15) is 5.54 Å². The first-order chi connectivity index (χ1) is 11.9. The molecular formula is C18H19NO6. The van der Waals surface area contributed by atoms with Crippen LogP contribution in [0.5, 0.6) is 23.0 Å². The van der Waals surface area contributed by atoms with Crippen LogP contribution < -0.4 is 10.1 Å². The highest BCUT2D eigenvalue weighted by Gasteiger charge is 2.44. The number of methoxy groups -OCH3 is 1. The summed E-state index contributed by atoms with van der Waals surface area (Å²) in [6.07, 6.45) is 0.618. The molecule has 0 amide bonds. The molecule has 25 heavy (non-hydrogen) atoms. The Kier molecular flexibility index (Phi) is 4.18. The average molecular weight is 345 g/mol. The van der Waals surface area contributed by atoms with Crippen LogP contribution in [-0.2, 0) is 23.2 Å². The van der Waals surface area contributed by atoms with Crippen molar-refractivity contribution in [1.29, 1.82) is 0 Å². The van der Waals surface area contributed by atoms with Gasteiger partial charge in [-0.15, -0.1) is 0 Å². The van der Waals surface area contributed by atoms with Crippen molar-refractivity contribution in [2.24, 2.45) is 0 Å². The lowest BCUT2D eigenvalue weighted by Crippen LogP contribution is -2.54. The third-order valence-corrected chi connectivity index (χ3v) is 4.56. The number of hydrogen-bond donors (Lipinski definition) is 5. The van der Waals surface area contributed by atoms with E-state index < -0.39 is 11.5 Å². The smallest absolute Gasteiger partial charge is 0.328 e. The van der Waals surface area contributed by atoms with Crippen LogP contribution in [0.15, 0.2) is 30.3 Å². The molecule has 3 rings (SSSR count). The summed E-state index contributed by atoms with van der Waals surface area (Å²) in [5, 5.41) is 42.3. The topological polar surface area (TPSA) is 119 Å². The van der Waals surface area contributed by atoms with Crippen molar-refractivity contribution in [2.75, 3.05) is 13.7 Å². The van der Waals surface area contributed by atoms with Gasteiger partial charge in [-0.05, 0) is 47.4 Å². The van der Waals surface area contributed by atoms with Crippen LogP contribution in [-0.4, -0.2) is 40.0 Å². The van der Waals surface area contributed by atoms with Gasteiger partial charge in [0.15, 0.2) is 23.0 Å². The Balaban J connectivity index is 2.11. The molecule has 0 bridgehead atoms. The van der Waals surface area contributed by atoms with E-state index in [4.69, 9.17) is 4.74 Å². The lowest BCUT2D eigenvalue weighted by molar-refractivity contribution is -0.145. The van der Waals surface area contributed by atoms with Gasteiger partial charge in [-0.2, -0.15) is 0 Å². The van der Waals surface area contributed by atoms with Gasteiger partial charge in [0.2, 0.25) is 0 Å². The third kappa shape index (κ3) is 2.83. The van der Waals surface area contributed by atoms with Crippen LogP contribution in [0.4, 0.5) is 0 Å². The first-order valence-electron chi connectivity index (χ1n) is 7.77. The Bertz CT molecular complexity index is 835. The molecule has 2 aromatic carbocycles. The fourth-order valence-electron chi connectivity index (χ4n) is 3.29. The summed E-state index contributed by atoms with van der Waals surface area (Å²) in [5.41, 5.74) is 0.265. The molecule has 1 atom stereocenters. The summed E-state index contributed by atoms with van der Waals surface area (Å²) in [6, 6.07) is 7.35. The number of fused-ring (bicyclic) bond motifs is 1. The summed E-state index contributed by atoms with van der Waals surface area (Å²) < 4.78 is 5.08. The third-order valence-electron chi connectivity index (χ3n) is 4.56. The van der Waals surface area contributed by atoms with Crippen molar-refractivity contribution in [2.45, 2.75) is 18.4 Å². The second-order valence-corrected chi connectivity index (χ2v) is 6.07. The van der Waals surface area contributed by atoms with Crippen molar-refractivity contribution in [1.82, 2.24) is 5.32 Å². The second-order valence-electron chi connectivity index (χ2n) is 6.07. The summed E-state index contributed by atoms with van der Waals surface area (Å²) in [7, 11) is 1.42. The molecule has 1 unspecified atom stereocenters. The number of carbonyl (C=O) groups is 1. The van der Waals surface area contributed by atoms with E-state index >= 15 is 0 Å². The Labute approximate surface area is 144 Å². The molecule has 2 aromatic rings. The van der Waals surface area contributed by atoms with E-state index in [1.54, 1.807) is 12.1 Å². The fourth-order valence-corrected chi connectivity index (χ4v) is 3.29. The van der Waals surface area contributed by atoms with Crippen LogP contribution in [0.25, 0.3) is 0 Å². The van der Waals surface area contributed by atoms with E-state index in [9.17, 15) is 25.2 Å². The van der Waals surface area contributed by atoms with Crippen LogP contribution in [0.2, 0.25) is 0 Å². The molecule has 0 radical (unpaired) electrons. The first-order valence-corrected chi connectivity index (χ1v) is 7.77. The maximum absolute atomic E-state index is 12.2. The number of phenolic OH excluding ortho intramolecular Hbond substituents is 3. The highest BCUT2D eigenvalue weighted by atomic mass is 16.5. The summed E-state index contributed by atoms with van der Waals surface area (Å²) in [6.45, 7) is 0.415. The van der Waals surface area contributed by atoms with Gasteiger partial charge < -0.3 is 25.2 Å². The molecule has 1 heterocycles. The van der Waals surface area contributed by atoms with Crippen LogP contribution in [0, 0.1) is 0 Å². The number of benzene rings is 2. The quantitative estimate of drug-likeness (QED) is 0.533. The molecule has 1 aliphatic rings. The predicted molar refractivity (Wildman–Crippen MR) is 89.2 cm³/mol. The molecule has 0 spiro atoms. The molecule has 5 N–H and O–H groups in total. The Morgan fingerprint density at radius 1 is 1.16 bits per heavy atom. The monoisotopic (exact) mass is 345 g/mol. The van der Waals surface area contributed by atoms with Crippen LogP contribution >= 0.6 is 0 Å². The van der Waals surface area contributed by atoms with E-state index in [2.05, 4.69) is 5.32 Å². The van der Waals surface area contributed by atoms with Crippen LogP contribution in [0.3, 0.4) is 0 Å². The molecule has 1 aliphatic heterocycles. The largest absolute Gasteiger partial charge is 0.504 e. The minimum atomic E-state index is -1.46. The molecule has 0 saturated carbocycles. The van der Waals surface area contributed by atoms with Crippen molar-refractivity contribution in [3.8, 4) is 23.0 Å². The standard InChI is InChI=1S/C18H19NO6/c1-25-16-6-10(2-3-13(16)20)9-18(17(23)24)12-8-15(22)14(21)7-11(12)4-5-19-18/h2-3,6-8,19-22H,4-5,9H2,1H3,(H,23,24).